The van der Waals surface area contributed by atoms with Gasteiger partial charge in [0, 0.05) is 54.4 Å². The molecular weight excluding hydrogens is 318 g/mol. The van der Waals surface area contributed by atoms with E-state index in [2.05, 4.69) is 15.1 Å². The van der Waals surface area contributed by atoms with Gasteiger partial charge in [-0.1, -0.05) is 0 Å². The summed E-state index contributed by atoms with van der Waals surface area (Å²) in [6, 6.07) is 5.46. The van der Waals surface area contributed by atoms with Gasteiger partial charge in [0.1, 0.15) is 0 Å². The van der Waals surface area contributed by atoms with E-state index in [1.165, 1.54) is 4.52 Å². The lowest BCUT2D eigenvalue weighted by atomic mass is 10.1. The van der Waals surface area contributed by atoms with Crippen molar-refractivity contribution in [3.63, 3.8) is 0 Å². The number of aromatic amines is 1. The Bertz CT molecular complexity index is 1010. The van der Waals surface area contributed by atoms with E-state index < -0.39 is 0 Å². The topological polar surface area (TPSA) is 83.4 Å². The summed E-state index contributed by atoms with van der Waals surface area (Å²) in [5, 5.41) is 3.16. The van der Waals surface area contributed by atoms with Crippen LogP contribution >= 0.6 is 0 Å². The summed E-state index contributed by atoms with van der Waals surface area (Å²) in [6.07, 6.45) is 4.10. The van der Waals surface area contributed by atoms with Crippen LogP contribution in [0.5, 0.6) is 0 Å². The molecule has 1 aliphatic rings. The number of fused-ring (bicyclic) bond motifs is 1. The first-order valence-electron chi connectivity index (χ1n) is 8.33. The molecule has 0 radical (unpaired) electrons. The highest BCUT2D eigenvalue weighted by Crippen LogP contribution is 2.27. The number of carbonyl (C=O) groups excluding carboxylic acids is 1. The van der Waals surface area contributed by atoms with Crippen molar-refractivity contribution in [1.29, 1.82) is 0 Å². The van der Waals surface area contributed by atoms with Crippen LogP contribution in [0.15, 0.2) is 35.4 Å². The first-order chi connectivity index (χ1) is 12.0. The van der Waals surface area contributed by atoms with Crippen molar-refractivity contribution in [2.75, 3.05) is 13.1 Å². The summed E-state index contributed by atoms with van der Waals surface area (Å²) in [7, 11) is 0. The molecular formula is C18H19N5O2. The largest absolute Gasteiger partial charge is 0.338 e. The van der Waals surface area contributed by atoms with Crippen molar-refractivity contribution >= 4 is 11.6 Å². The fourth-order valence-corrected chi connectivity index (χ4v) is 3.32. The molecule has 1 aliphatic heterocycles. The molecule has 0 spiro atoms. The van der Waals surface area contributed by atoms with E-state index in [1.807, 2.05) is 17.9 Å². The molecule has 4 heterocycles. The molecule has 1 N–H and O–H groups in total. The number of likely N-dealkylation sites (tertiary alicyclic amines) is 1. The molecule has 128 valence electrons. The molecule has 0 aliphatic carbocycles. The van der Waals surface area contributed by atoms with Gasteiger partial charge in [-0.25, -0.2) is 9.50 Å². The molecule has 3 aromatic heterocycles. The fraction of sp³-hybridized carbons (Fsp3) is 0.333. The predicted octanol–water partition coefficient (Wildman–Crippen LogP) is 1.66. The summed E-state index contributed by atoms with van der Waals surface area (Å²) in [4.78, 5) is 35.2. The quantitative estimate of drug-likeness (QED) is 0.771. The number of hydrogen-bond donors (Lipinski definition) is 1. The highest BCUT2D eigenvalue weighted by Gasteiger charge is 2.29. The van der Waals surface area contributed by atoms with Gasteiger partial charge >= 0.3 is 0 Å². The molecule has 0 aromatic carbocycles. The van der Waals surface area contributed by atoms with Gasteiger partial charge in [-0.2, -0.15) is 0 Å². The van der Waals surface area contributed by atoms with Crippen LogP contribution in [0, 0.1) is 13.8 Å². The molecule has 4 rings (SSSR count). The van der Waals surface area contributed by atoms with Crippen LogP contribution < -0.4 is 5.56 Å². The Morgan fingerprint density at radius 3 is 2.96 bits per heavy atom. The van der Waals surface area contributed by atoms with Gasteiger partial charge in [-0.15, -0.1) is 0 Å². The third kappa shape index (κ3) is 2.61. The monoisotopic (exact) mass is 337 g/mol. The third-order valence-electron chi connectivity index (χ3n) is 4.93. The molecule has 25 heavy (non-hydrogen) atoms. The molecule has 7 nitrogen and oxygen atoms in total. The van der Waals surface area contributed by atoms with Crippen LogP contribution in [-0.2, 0) is 0 Å². The molecule has 1 saturated heterocycles. The highest BCUT2D eigenvalue weighted by atomic mass is 16.2. The second-order valence-corrected chi connectivity index (χ2v) is 6.51. The molecule has 0 saturated carbocycles. The molecule has 1 amide bonds. The summed E-state index contributed by atoms with van der Waals surface area (Å²) < 4.78 is 1.49. The lowest BCUT2D eigenvalue weighted by Gasteiger charge is -2.15. The number of pyridine rings is 1. The normalized spacial score (nSPS) is 17.4. The molecule has 1 atom stereocenters. The number of amides is 1. The zero-order valence-electron chi connectivity index (χ0n) is 14.2. The molecule has 1 fully saturated rings. The lowest BCUT2D eigenvalue weighted by Crippen LogP contribution is -2.28. The second-order valence-electron chi connectivity index (χ2n) is 6.51. The Hall–Kier alpha value is -2.96. The van der Waals surface area contributed by atoms with Gasteiger partial charge in [0.15, 0.2) is 5.65 Å². The van der Waals surface area contributed by atoms with Crippen molar-refractivity contribution in [3.05, 3.63) is 63.5 Å². The first-order valence-corrected chi connectivity index (χ1v) is 8.33. The van der Waals surface area contributed by atoms with E-state index in [9.17, 15) is 9.59 Å². The van der Waals surface area contributed by atoms with Gasteiger partial charge in [0.2, 0.25) is 0 Å². The molecule has 3 aromatic rings. The number of aromatic nitrogens is 4. The predicted molar refractivity (Wildman–Crippen MR) is 92.8 cm³/mol. The van der Waals surface area contributed by atoms with E-state index in [4.69, 9.17) is 0 Å². The Kier molecular flexibility index (Phi) is 3.63. The van der Waals surface area contributed by atoms with E-state index in [0.717, 1.165) is 17.8 Å². The standard InChI is InChI=1S/C18H19N5O2/c1-11-12(2)20-16-8-15(21-23(16)17(11)24)14-5-7-22(10-14)18(25)13-4-3-6-19-9-13/h3-4,6,8-9,14,21H,5,7,10H2,1-2H3. The number of carbonyl (C=O) groups is 1. The minimum Gasteiger partial charge on any atom is -0.338 e. The van der Waals surface area contributed by atoms with Crippen molar-refractivity contribution < 1.29 is 4.79 Å². The second kappa shape index (κ2) is 5.84. The van der Waals surface area contributed by atoms with E-state index in [0.29, 0.717) is 29.9 Å². The number of rotatable bonds is 2. The smallest absolute Gasteiger partial charge is 0.275 e. The minimum atomic E-state index is -0.0740. The zero-order chi connectivity index (χ0) is 17.6. The van der Waals surface area contributed by atoms with Crippen molar-refractivity contribution in [2.24, 2.45) is 0 Å². The average Bonchev–Trinajstić information content (AvgIpc) is 3.27. The van der Waals surface area contributed by atoms with Crippen LogP contribution in [-0.4, -0.2) is 43.5 Å². The van der Waals surface area contributed by atoms with Gasteiger partial charge in [-0.05, 0) is 32.4 Å². The SMILES string of the molecule is Cc1nc2cc(C3CCN(C(=O)c4cccnc4)C3)[nH]n2c(=O)c1C. The van der Waals surface area contributed by atoms with Gasteiger partial charge < -0.3 is 4.90 Å². The maximum Gasteiger partial charge on any atom is 0.275 e. The first kappa shape index (κ1) is 15.6. The van der Waals surface area contributed by atoms with Gasteiger partial charge in [0.05, 0.1) is 5.56 Å². The van der Waals surface area contributed by atoms with Gasteiger partial charge in [-0.3, -0.25) is 19.7 Å². The highest BCUT2D eigenvalue weighted by molar-refractivity contribution is 5.94. The molecule has 1 unspecified atom stereocenters. The number of nitrogens with one attached hydrogen (secondary N) is 1. The summed E-state index contributed by atoms with van der Waals surface area (Å²) in [5.41, 5.74) is 3.48. The van der Waals surface area contributed by atoms with Crippen LogP contribution in [0.3, 0.4) is 0 Å². The maximum atomic E-state index is 12.5. The Labute approximate surface area is 144 Å². The Balaban J connectivity index is 1.60. The maximum absolute atomic E-state index is 12.5. The Morgan fingerprint density at radius 2 is 2.20 bits per heavy atom. The summed E-state index contributed by atoms with van der Waals surface area (Å²) in [6.45, 7) is 4.93. The number of hydrogen-bond acceptors (Lipinski definition) is 4. The van der Waals surface area contributed by atoms with Crippen molar-refractivity contribution in [3.8, 4) is 0 Å². The van der Waals surface area contributed by atoms with E-state index in [1.54, 1.807) is 31.5 Å². The van der Waals surface area contributed by atoms with E-state index in [-0.39, 0.29) is 17.4 Å². The van der Waals surface area contributed by atoms with Crippen LogP contribution in [0.4, 0.5) is 0 Å². The molecule has 0 bridgehead atoms. The van der Waals surface area contributed by atoms with Crippen molar-refractivity contribution in [1.82, 2.24) is 24.5 Å². The molecule has 7 heteroatoms. The van der Waals surface area contributed by atoms with Crippen LogP contribution in [0.25, 0.3) is 5.65 Å². The Morgan fingerprint density at radius 1 is 1.36 bits per heavy atom. The third-order valence-corrected chi connectivity index (χ3v) is 4.93. The van der Waals surface area contributed by atoms with E-state index >= 15 is 0 Å². The zero-order valence-corrected chi connectivity index (χ0v) is 14.2. The average molecular weight is 337 g/mol. The number of nitrogens with zero attached hydrogens (tertiary/aromatic N) is 4. The lowest BCUT2D eigenvalue weighted by molar-refractivity contribution is 0.0790. The number of H-pyrrole nitrogens is 1. The minimum absolute atomic E-state index is 0.00584. The fourth-order valence-electron chi connectivity index (χ4n) is 3.32. The van der Waals surface area contributed by atoms with Crippen molar-refractivity contribution in [2.45, 2.75) is 26.2 Å². The van der Waals surface area contributed by atoms with Crippen LogP contribution in [0.1, 0.15) is 39.6 Å². The van der Waals surface area contributed by atoms with Gasteiger partial charge in [0.25, 0.3) is 11.5 Å². The summed E-state index contributed by atoms with van der Waals surface area (Å²) in [5.74, 6) is 0.163. The number of aryl methyl sites for hydroxylation is 1. The van der Waals surface area contributed by atoms with Crippen LogP contribution in [0.2, 0.25) is 0 Å². The summed E-state index contributed by atoms with van der Waals surface area (Å²) >= 11 is 0.